The number of halogens is 1. The fraction of sp³-hybridized carbons (Fsp3) is 0.296. The molecule has 1 amide bonds. The highest BCUT2D eigenvalue weighted by Gasteiger charge is 2.31. The summed E-state index contributed by atoms with van der Waals surface area (Å²) in [4.78, 5) is 17.5. The van der Waals surface area contributed by atoms with Crippen LogP contribution in [0, 0.1) is 13.8 Å². The van der Waals surface area contributed by atoms with Crippen molar-refractivity contribution in [3.8, 4) is 5.75 Å². The number of nitrogens with zero attached hydrogens (tertiary/aromatic N) is 3. The predicted molar refractivity (Wildman–Crippen MR) is 144 cm³/mol. The number of carbonyl (C=O) groups is 1. The van der Waals surface area contributed by atoms with Crippen LogP contribution in [0.3, 0.4) is 0 Å². The lowest BCUT2D eigenvalue weighted by Gasteiger charge is -2.38. The van der Waals surface area contributed by atoms with E-state index in [1.54, 1.807) is 35.2 Å². The third-order valence-electron chi connectivity index (χ3n) is 6.58. The Bertz CT molecular complexity index is 1340. The first-order chi connectivity index (χ1) is 17.2. The second kappa shape index (κ2) is 10.8. The summed E-state index contributed by atoms with van der Waals surface area (Å²) in [6.07, 6.45) is 0. The summed E-state index contributed by atoms with van der Waals surface area (Å²) < 4.78 is 33.5. The maximum absolute atomic E-state index is 13.6. The maximum atomic E-state index is 13.6. The molecule has 0 atom stereocenters. The molecule has 0 aliphatic carbocycles. The van der Waals surface area contributed by atoms with Gasteiger partial charge in [0.2, 0.25) is 5.91 Å². The molecule has 1 aliphatic heterocycles. The average Bonchev–Trinajstić information content (AvgIpc) is 2.89. The predicted octanol–water partition coefficient (Wildman–Crippen LogP) is 4.51. The van der Waals surface area contributed by atoms with Crippen molar-refractivity contribution in [1.82, 2.24) is 4.90 Å². The molecule has 0 N–H and O–H groups in total. The first-order valence-corrected chi connectivity index (χ1v) is 13.5. The quantitative estimate of drug-likeness (QED) is 0.452. The Morgan fingerprint density at radius 3 is 2.31 bits per heavy atom. The van der Waals surface area contributed by atoms with Gasteiger partial charge in [0, 0.05) is 31.9 Å². The number of rotatable bonds is 7. The summed E-state index contributed by atoms with van der Waals surface area (Å²) in [7, 11) is -2.53. The van der Waals surface area contributed by atoms with Gasteiger partial charge < -0.3 is 14.5 Å². The molecule has 0 aromatic heterocycles. The molecule has 0 spiro atoms. The van der Waals surface area contributed by atoms with Gasteiger partial charge in [-0.2, -0.15) is 0 Å². The molecule has 0 unspecified atom stereocenters. The minimum absolute atomic E-state index is 0.101. The number of methoxy groups -OCH3 is 1. The molecule has 3 aromatic rings. The number of anilines is 2. The van der Waals surface area contributed by atoms with Crippen LogP contribution >= 0.6 is 11.6 Å². The van der Waals surface area contributed by atoms with Crippen LogP contribution in [-0.4, -0.2) is 59.1 Å². The molecular formula is C27H30ClN3O4S. The first-order valence-electron chi connectivity index (χ1n) is 11.7. The molecule has 190 valence electrons. The molecule has 4 rings (SSSR count). The van der Waals surface area contributed by atoms with Gasteiger partial charge in [-0.1, -0.05) is 41.9 Å². The second-order valence-electron chi connectivity index (χ2n) is 8.73. The Morgan fingerprint density at radius 1 is 0.972 bits per heavy atom. The van der Waals surface area contributed by atoms with Crippen molar-refractivity contribution in [3.63, 3.8) is 0 Å². The largest absolute Gasteiger partial charge is 0.495 e. The van der Waals surface area contributed by atoms with Crippen molar-refractivity contribution in [2.75, 3.05) is 49.0 Å². The van der Waals surface area contributed by atoms with Crippen LogP contribution in [0.15, 0.2) is 71.6 Å². The SMILES string of the molecule is COc1ccc(N(CC(=O)N2CCN(c3cccc(C)c3C)CC2)S(=O)(=O)c2ccccc2)cc1Cl. The van der Waals surface area contributed by atoms with Crippen LogP contribution in [0.2, 0.25) is 5.02 Å². The summed E-state index contributed by atoms with van der Waals surface area (Å²) in [5, 5.41) is 0.262. The minimum Gasteiger partial charge on any atom is -0.495 e. The lowest BCUT2D eigenvalue weighted by Crippen LogP contribution is -2.52. The van der Waals surface area contributed by atoms with Crippen molar-refractivity contribution < 1.29 is 17.9 Å². The van der Waals surface area contributed by atoms with Gasteiger partial charge >= 0.3 is 0 Å². The van der Waals surface area contributed by atoms with E-state index in [0.29, 0.717) is 37.6 Å². The molecular weight excluding hydrogens is 498 g/mol. The molecule has 0 bridgehead atoms. The molecule has 1 saturated heterocycles. The van der Waals surface area contributed by atoms with Crippen molar-refractivity contribution in [1.29, 1.82) is 0 Å². The third-order valence-corrected chi connectivity index (χ3v) is 8.67. The van der Waals surface area contributed by atoms with Gasteiger partial charge in [-0.3, -0.25) is 9.10 Å². The van der Waals surface area contributed by atoms with E-state index in [1.165, 1.54) is 42.1 Å². The Hall–Kier alpha value is -3.23. The number of piperazine rings is 1. The summed E-state index contributed by atoms with van der Waals surface area (Å²) in [5.41, 5.74) is 3.93. The fourth-order valence-electron chi connectivity index (χ4n) is 4.34. The number of aryl methyl sites for hydroxylation is 1. The van der Waals surface area contributed by atoms with Crippen molar-refractivity contribution in [2.45, 2.75) is 18.7 Å². The van der Waals surface area contributed by atoms with Crippen molar-refractivity contribution in [3.05, 3.63) is 82.9 Å². The van der Waals surface area contributed by atoms with E-state index in [0.717, 1.165) is 4.31 Å². The second-order valence-corrected chi connectivity index (χ2v) is 11.0. The zero-order valence-electron chi connectivity index (χ0n) is 20.6. The first kappa shape index (κ1) is 25.9. The number of amides is 1. The number of hydrogen-bond acceptors (Lipinski definition) is 5. The number of ether oxygens (including phenoxy) is 1. The normalized spacial score (nSPS) is 14.0. The third kappa shape index (κ3) is 5.29. The molecule has 3 aromatic carbocycles. The summed E-state index contributed by atoms with van der Waals surface area (Å²) in [6.45, 7) is 6.24. The zero-order chi connectivity index (χ0) is 25.9. The van der Waals surface area contributed by atoms with Gasteiger partial charge in [0.15, 0.2) is 0 Å². The van der Waals surface area contributed by atoms with Crippen LogP contribution in [0.1, 0.15) is 11.1 Å². The van der Waals surface area contributed by atoms with Crippen molar-refractivity contribution >= 4 is 38.9 Å². The highest BCUT2D eigenvalue weighted by atomic mass is 35.5. The Labute approximate surface area is 217 Å². The lowest BCUT2D eigenvalue weighted by molar-refractivity contribution is -0.129. The summed E-state index contributed by atoms with van der Waals surface area (Å²) in [5.74, 6) is 0.161. The van der Waals surface area contributed by atoms with Gasteiger partial charge in [-0.15, -0.1) is 0 Å². The standard InChI is InChI=1S/C27H30ClN3O4S/c1-20-8-7-11-25(21(20)2)29-14-16-30(17-15-29)27(32)19-31(22-12-13-26(35-3)24(28)18-22)36(33,34)23-9-5-4-6-10-23/h4-13,18H,14-17,19H2,1-3H3. The zero-order valence-corrected chi connectivity index (χ0v) is 22.2. The molecule has 7 nitrogen and oxygen atoms in total. The number of carbonyl (C=O) groups excluding carboxylic acids is 1. The van der Waals surface area contributed by atoms with E-state index in [4.69, 9.17) is 16.3 Å². The Balaban J connectivity index is 1.56. The average molecular weight is 528 g/mol. The van der Waals surface area contributed by atoms with Crippen LogP contribution in [0.5, 0.6) is 5.75 Å². The fourth-order valence-corrected chi connectivity index (χ4v) is 6.02. The van der Waals surface area contributed by atoms with Crippen LogP contribution in [0.25, 0.3) is 0 Å². The van der Waals surface area contributed by atoms with Crippen molar-refractivity contribution in [2.24, 2.45) is 0 Å². The Morgan fingerprint density at radius 2 is 1.67 bits per heavy atom. The van der Waals surface area contributed by atoms with E-state index in [9.17, 15) is 13.2 Å². The number of hydrogen-bond donors (Lipinski definition) is 0. The summed E-state index contributed by atoms with van der Waals surface area (Å²) >= 11 is 6.31. The molecule has 36 heavy (non-hydrogen) atoms. The molecule has 1 fully saturated rings. The van der Waals surface area contributed by atoms with E-state index in [2.05, 4.69) is 30.9 Å². The molecule has 1 aliphatic rings. The smallest absolute Gasteiger partial charge is 0.264 e. The molecule has 1 heterocycles. The molecule has 0 saturated carbocycles. The van der Waals surface area contributed by atoms with Gasteiger partial charge in [0.05, 0.1) is 22.7 Å². The molecule has 9 heteroatoms. The van der Waals surface area contributed by atoms with Crippen LogP contribution < -0.4 is 13.9 Å². The van der Waals surface area contributed by atoms with E-state index < -0.39 is 10.0 Å². The summed E-state index contributed by atoms with van der Waals surface area (Å²) in [6, 6.07) is 19.0. The van der Waals surface area contributed by atoms with Gasteiger partial charge in [-0.05, 0) is 61.4 Å². The Kier molecular flexibility index (Phi) is 7.76. The van der Waals surface area contributed by atoms with Crippen LogP contribution in [-0.2, 0) is 14.8 Å². The highest BCUT2D eigenvalue weighted by molar-refractivity contribution is 7.92. The van der Waals surface area contributed by atoms with Gasteiger partial charge in [0.25, 0.3) is 10.0 Å². The maximum Gasteiger partial charge on any atom is 0.264 e. The number of sulfonamides is 1. The van der Waals surface area contributed by atoms with E-state index in [1.807, 2.05) is 6.07 Å². The highest BCUT2D eigenvalue weighted by Crippen LogP contribution is 2.32. The lowest BCUT2D eigenvalue weighted by atomic mass is 10.1. The van der Waals surface area contributed by atoms with Gasteiger partial charge in [-0.25, -0.2) is 8.42 Å². The topological polar surface area (TPSA) is 70.2 Å². The van der Waals surface area contributed by atoms with E-state index >= 15 is 0 Å². The monoisotopic (exact) mass is 527 g/mol. The van der Waals surface area contributed by atoms with E-state index in [-0.39, 0.29) is 22.4 Å². The van der Waals surface area contributed by atoms with Crippen LogP contribution in [0.4, 0.5) is 11.4 Å². The van der Waals surface area contributed by atoms with Gasteiger partial charge in [0.1, 0.15) is 12.3 Å². The number of benzene rings is 3. The molecule has 0 radical (unpaired) electrons. The minimum atomic E-state index is -4.01.